The van der Waals surface area contributed by atoms with Crippen LogP contribution in [0.3, 0.4) is 0 Å². The van der Waals surface area contributed by atoms with Gasteiger partial charge < -0.3 is 15.8 Å². The Balaban J connectivity index is 1.94. The fraction of sp³-hybridized carbons (Fsp3) is 0.750. The molecule has 0 bridgehead atoms. The van der Waals surface area contributed by atoms with Crippen molar-refractivity contribution in [2.75, 3.05) is 19.7 Å². The highest BCUT2D eigenvalue weighted by Crippen LogP contribution is 2.26. The number of hydrogen-bond donors (Lipinski definition) is 2. The second-order valence-corrected chi connectivity index (χ2v) is 4.80. The van der Waals surface area contributed by atoms with Crippen molar-refractivity contribution in [1.82, 2.24) is 15.1 Å². The van der Waals surface area contributed by atoms with E-state index >= 15 is 0 Å². The zero-order chi connectivity index (χ0) is 11.7. The highest BCUT2D eigenvalue weighted by Gasteiger charge is 2.25. The molecule has 2 aliphatic rings. The fourth-order valence-corrected chi connectivity index (χ4v) is 2.84. The Morgan fingerprint density at radius 2 is 2.24 bits per heavy atom. The lowest BCUT2D eigenvalue weighted by Gasteiger charge is -2.24. The van der Waals surface area contributed by atoms with Crippen LogP contribution in [0.2, 0.25) is 0 Å². The summed E-state index contributed by atoms with van der Waals surface area (Å²) in [6.45, 7) is 4.20. The van der Waals surface area contributed by atoms with E-state index in [1.807, 2.05) is 0 Å². The van der Waals surface area contributed by atoms with Gasteiger partial charge in [-0.05, 0) is 25.9 Å². The van der Waals surface area contributed by atoms with E-state index in [-0.39, 0.29) is 0 Å². The highest BCUT2D eigenvalue weighted by molar-refractivity contribution is 5.28. The number of piperidine rings is 1. The van der Waals surface area contributed by atoms with E-state index in [1.165, 1.54) is 17.0 Å². The van der Waals surface area contributed by atoms with Gasteiger partial charge in [-0.15, -0.1) is 0 Å². The van der Waals surface area contributed by atoms with Crippen molar-refractivity contribution in [1.29, 1.82) is 0 Å². The third-order valence-electron chi connectivity index (χ3n) is 3.78. The standard InChI is InChI=1S/C12H20N4O/c13-7-12-10-8-17-6-3-11(10)15-16(12)9-1-4-14-5-2-9/h9,14H,1-8,13H2. The molecule has 2 aliphatic heterocycles. The van der Waals surface area contributed by atoms with Crippen molar-refractivity contribution >= 4 is 0 Å². The summed E-state index contributed by atoms with van der Waals surface area (Å²) in [4.78, 5) is 0. The topological polar surface area (TPSA) is 65.1 Å². The number of nitrogens with zero attached hydrogens (tertiary/aromatic N) is 2. The Bertz CT molecular complexity index is 395. The van der Waals surface area contributed by atoms with Crippen molar-refractivity contribution in [3.05, 3.63) is 17.0 Å². The van der Waals surface area contributed by atoms with E-state index in [4.69, 9.17) is 15.6 Å². The number of nitrogens with one attached hydrogen (secondary N) is 1. The summed E-state index contributed by atoms with van der Waals surface area (Å²) in [7, 11) is 0. The minimum Gasteiger partial charge on any atom is -0.376 e. The molecule has 0 saturated carbocycles. The number of nitrogens with two attached hydrogens (primary N) is 1. The summed E-state index contributed by atoms with van der Waals surface area (Å²) < 4.78 is 7.70. The molecule has 0 amide bonds. The van der Waals surface area contributed by atoms with Gasteiger partial charge in [0.2, 0.25) is 0 Å². The lowest BCUT2D eigenvalue weighted by molar-refractivity contribution is 0.109. The summed E-state index contributed by atoms with van der Waals surface area (Å²) in [5, 5.41) is 8.16. The van der Waals surface area contributed by atoms with Gasteiger partial charge in [0.05, 0.1) is 30.6 Å². The molecule has 3 N–H and O–H groups in total. The molecule has 1 aromatic heterocycles. The van der Waals surface area contributed by atoms with Crippen LogP contribution in [0, 0.1) is 0 Å². The molecular formula is C12H20N4O. The number of rotatable bonds is 2. The minimum absolute atomic E-state index is 0.514. The second kappa shape index (κ2) is 4.76. The normalized spacial score (nSPS) is 21.5. The minimum atomic E-state index is 0.514. The maximum absolute atomic E-state index is 5.89. The average molecular weight is 236 g/mol. The van der Waals surface area contributed by atoms with Crippen LogP contribution in [-0.4, -0.2) is 29.5 Å². The van der Waals surface area contributed by atoms with E-state index in [1.54, 1.807) is 0 Å². The maximum atomic E-state index is 5.89. The molecule has 0 aromatic carbocycles. The number of ether oxygens (including phenoxy) is 1. The Hall–Kier alpha value is -0.910. The van der Waals surface area contributed by atoms with E-state index in [9.17, 15) is 0 Å². The first-order valence-electron chi connectivity index (χ1n) is 6.48. The van der Waals surface area contributed by atoms with Gasteiger partial charge in [0, 0.05) is 18.5 Å². The predicted octanol–water partition coefficient (Wildman–Crippen LogP) is 0.339. The SMILES string of the molecule is NCc1c2c(nn1C1CCNCC1)CCOC2. The number of fused-ring (bicyclic) bond motifs is 1. The first-order valence-corrected chi connectivity index (χ1v) is 6.48. The van der Waals surface area contributed by atoms with Gasteiger partial charge in [-0.1, -0.05) is 0 Å². The summed E-state index contributed by atoms with van der Waals surface area (Å²) >= 11 is 0. The van der Waals surface area contributed by atoms with E-state index in [2.05, 4.69) is 10.00 Å². The molecular weight excluding hydrogens is 216 g/mol. The Morgan fingerprint density at radius 1 is 1.41 bits per heavy atom. The molecule has 0 spiro atoms. The van der Waals surface area contributed by atoms with E-state index in [0.29, 0.717) is 19.2 Å². The highest BCUT2D eigenvalue weighted by atomic mass is 16.5. The van der Waals surface area contributed by atoms with Crippen LogP contribution in [-0.2, 0) is 24.3 Å². The van der Waals surface area contributed by atoms with Crippen molar-refractivity contribution in [2.24, 2.45) is 5.73 Å². The molecule has 17 heavy (non-hydrogen) atoms. The summed E-state index contributed by atoms with van der Waals surface area (Å²) in [5.74, 6) is 0. The summed E-state index contributed by atoms with van der Waals surface area (Å²) in [5.41, 5.74) is 9.53. The smallest absolute Gasteiger partial charge is 0.0753 e. The predicted molar refractivity (Wildman–Crippen MR) is 64.6 cm³/mol. The van der Waals surface area contributed by atoms with Crippen LogP contribution in [0.1, 0.15) is 35.8 Å². The lowest BCUT2D eigenvalue weighted by Crippen LogP contribution is -2.31. The number of hydrogen-bond acceptors (Lipinski definition) is 4. The van der Waals surface area contributed by atoms with Crippen LogP contribution in [0.25, 0.3) is 0 Å². The van der Waals surface area contributed by atoms with Gasteiger partial charge in [0.25, 0.3) is 0 Å². The van der Waals surface area contributed by atoms with Gasteiger partial charge >= 0.3 is 0 Å². The Kier molecular flexibility index (Phi) is 3.13. The maximum Gasteiger partial charge on any atom is 0.0753 e. The molecule has 1 fully saturated rings. The third kappa shape index (κ3) is 1.99. The Morgan fingerprint density at radius 3 is 3.00 bits per heavy atom. The van der Waals surface area contributed by atoms with Crippen LogP contribution >= 0.6 is 0 Å². The van der Waals surface area contributed by atoms with Crippen LogP contribution in [0.15, 0.2) is 0 Å². The van der Waals surface area contributed by atoms with Crippen LogP contribution in [0.4, 0.5) is 0 Å². The molecule has 94 valence electrons. The van der Waals surface area contributed by atoms with Crippen LogP contribution < -0.4 is 11.1 Å². The largest absolute Gasteiger partial charge is 0.376 e. The van der Waals surface area contributed by atoms with Crippen LogP contribution in [0.5, 0.6) is 0 Å². The van der Waals surface area contributed by atoms with Crippen molar-refractivity contribution in [2.45, 2.75) is 38.5 Å². The number of aromatic nitrogens is 2. The molecule has 1 saturated heterocycles. The molecule has 5 heteroatoms. The monoisotopic (exact) mass is 236 g/mol. The quantitative estimate of drug-likeness (QED) is 0.777. The van der Waals surface area contributed by atoms with Gasteiger partial charge in [-0.2, -0.15) is 5.10 Å². The summed E-state index contributed by atoms with van der Waals surface area (Å²) in [6.07, 6.45) is 3.23. The average Bonchev–Trinajstić information content (AvgIpc) is 2.78. The van der Waals surface area contributed by atoms with Gasteiger partial charge in [0.15, 0.2) is 0 Å². The molecule has 0 aliphatic carbocycles. The first-order chi connectivity index (χ1) is 8.40. The third-order valence-corrected chi connectivity index (χ3v) is 3.78. The lowest BCUT2D eigenvalue weighted by atomic mass is 10.1. The zero-order valence-corrected chi connectivity index (χ0v) is 10.1. The first kappa shape index (κ1) is 11.2. The zero-order valence-electron chi connectivity index (χ0n) is 10.1. The van der Waals surface area contributed by atoms with Gasteiger partial charge in [-0.25, -0.2) is 0 Å². The van der Waals surface area contributed by atoms with Gasteiger partial charge in [-0.3, -0.25) is 4.68 Å². The van der Waals surface area contributed by atoms with Crippen molar-refractivity contribution in [3.63, 3.8) is 0 Å². The molecule has 3 heterocycles. The van der Waals surface area contributed by atoms with Crippen molar-refractivity contribution < 1.29 is 4.74 Å². The van der Waals surface area contributed by atoms with E-state index < -0.39 is 0 Å². The Labute approximate surface area is 101 Å². The van der Waals surface area contributed by atoms with Crippen molar-refractivity contribution in [3.8, 4) is 0 Å². The molecule has 1 aromatic rings. The molecule has 0 unspecified atom stereocenters. The molecule has 5 nitrogen and oxygen atoms in total. The van der Waals surface area contributed by atoms with E-state index in [0.717, 1.165) is 39.0 Å². The summed E-state index contributed by atoms with van der Waals surface area (Å²) in [6, 6.07) is 0.514. The second-order valence-electron chi connectivity index (χ2n) is 4.80. The molecule has 0 radical (unpaired) electrons. The molecule has 0 atom stereocenters. The van der Waals surface area contributed by atoms with Gasteiger partial charge in [0.1, 0.15) is 0 Å². The fourth-order valence-electron chi connectivity index (χ4n) is 2.84. The molecule has 3 rings (SSSR count).